The zero-order valence-corrected chi connectivity index (χ0v) is 19.0. The number of thiazole rings is 1. The van der Waals surface area contributed by atoms with Crippen LogP contribution in [0.1, 0.15) is 58.0 Å². The van der Waals surface area contributed by atoms with Gasteiger partial charge in [-0.2, -0.15) is 0 Å². The molecule has 0 saturated heterocycles. The van der Waals surface area contributed by atoms with Crippen molar-refractivity contribution in [2.45, 2.75) is 44.9 Å². The van der Waals surface area contributed by atoms with Crippen LogP contribution in [0, 0.1) is 5.82 Å². The van der Waals surface area contributed by atoms with Gasteiger partial charge in [-0.1, -0.05) is 18.2 Å². The van der Waals surface area contributed by atoms with Crippen LogP contribution in [0.25, 0.3) is 0 Å². The fourth-order valence-electron chi connectivity index (χ4n) is 4.14. The van der Waals surface area contributed by atoms with Crippen LogP contribution < -0.4 is 10.1 Å². The summed E-state index contributed by atoms with van der Waals surface area (Å²) < 4.78 is 19.5. The number of aromatic nitrogens is 1. The van der Waals surface area contributed by atoms with Crippen LogP contribution in [0.5, 0.6) is 5.75 Å². The third-order valence-corrected chi connectivity index (χ3v) is 6.82. The van der Waals surface area contributed by atoms with Gasteiger partial charge in [0.1, 0.15) is 28.9 Å². The number of ether oxygens (including phenoxy) is 1. The molecule has 8 heteroatoms. The summed E-state index contributed by atoms with van der Waals surface area (Å²) in [4.78, 5) is 30.7. The molecule has 2 aromatic carbocycles. The molecule has 6 nitrogen and oxygen atoms in total. The van der Waals surface area contributed by atoms with Crippen molar-refractivity contribution in [3.05, 3.63) is 81.1 Å². The lowest BCUT2D eigenvalue weighted by Crippen LogP contribution is -2.39. The van der Waals surface area contributed by atoms with Gasteiger partial charge in [-0.3, -0.25) is 9.59 Å². The number of carbonyl (C=O) groups excluding carboxylic acids is 2. The van der Waals surface area contributed by atoms with E-state index in [4.69, 9.17) is 4.74 Å². The molecule has 0 radical (unpaired) electrons. The van der Waals surface area contributed by atoms with E-state index in [0.29, 0.717) is 23.0 Å². The lowest BCUT2D eigenvalue weighted by molar-refractivity contribution is -0.130. The summed E-state index contributed by atoms with van der Waals surface area (Å²) in [6.07, 6.45) is 2.81. The maximum absolute atomic E-state index is 13.5. The van der Waals surface area contributed by atoms with Gasteiger partial charge in [0.25, 0.3) is 5.91 Å². The minimum absolute atomic E-state index is 0.0268. The van der Waals surface area contributed by atoms with Crippen molar-refractivity contribution in [1.29, 1.82) is 0 Å². The second-order valence-corrected chi connectivity index (χ2v) is 9.38. The number of nitrogens with one attached hydrogen (secondary N) is 1. The first kappa shape index (κ1) is 21.6. The average molecular weight is 466 g/mol. The maximum atomic E-state index is 13.5. The quantitative estimate of drug-likeness (QED) is 0.591. The molecule has 1 aliphatic heterocycles. The number of rotatable bonds is 6. The standard InChI is InChI=1S/C25H24FN3O3S/c1-15(30)29-11-10-16-4-9-20(12-21(16)24(29)17-2-5-18(26)6-3-17)32-13-23-28-22(14-33-23)25(31)27-19-7-8-19/h2-6,9,12,14,19,24H,7-8,10-11,13H2,1H3,(H,27,31)/t24-/m0/s1. The molecule has 1 N–H and O–H groups in total. The second kappa shape index (κ2) is 8.94. The molecule has 33 heavy (non-hydrogen) atoms. The smallest absolute Gasteiger partial charge is 0.270 e. The summed E-state index contributed by atoms with van der Waals surface area (Å²) in [5.74, 6) is 0.182. The topological polar surface area (TPSA) is 71.5 Å². The Morgan fingerprint density at radius 3 is 2.73 bits per heavy atom. The van der Waals surface area contributed by atoms with Crippen LogP contribution in [-0.4, -0.2) is 34.3 Å². The van der Waals surface area contributed by atoms with E-state index in [2.05, 4.69) is 10.3 Å². The second-order valence-electron chi connectivity index (χ2n) is 8.44. The van der Waals surface area contributed by atoms with E-state index >= 15 is 0 Å². The van der Waals surface area contributed by atoms with Crippen LogP contribution in [0.3, 0.4) is 0 Å². The highest BCUT2D eigenvalue weighted by Crippen LogP contribution is 2.37. The van der Waals surface area contributed by atoms with Gasteiger partial charge in [-0.05, 0) is 60.2 Å². The Bertz CT molecular complexity index is 1190. The summed E-state index contributed by atoms with van der Waals surface area (Å²) >= 11 is 1.39. The molecule has 2 heterocycles. The number of carbonyl (C=O) groups is 2. The molecule has 1 saturated carbocycles. The first-order chi connectivity index (χ1) is 16.0. The van der Waals surface area contributed by atoms with Gasteiger partial charge in [0.2, 0.25) is 5.91 Å². The minimum atomic E-state index is -0.310. The largest absolute Gasteiger partial charge is 0.486 e. The van der Waals surface area contributed by atoms with E-state index in [1.165, 1.54) is 23.5 Å². The molecule has 5 rings (SSSR count). The lowest BCUT2D eigenvalue weighted by Gasteiger charge is -2.37. The van der Waals surface area contributed by atoms with Crippen molar-refractivity contribution in [3.8, 4) is 5.75 Å². The molecule has 3 aromatic rings. The summed E-state index contributed by atoms with van der Waals surface area (Å²) in [7, 11) is 0. The first-order valence-corrected chi connectivity index (χ1v) is 11.9. The van der Waals surface area contributed by atoms with Gasteiger partial charge in [-0.25, -0.2) is 9.37 Å². The Hall–Kier alpha value is -3.26. The van der Waals surface area contributed by atoms with Crippen molar-refractivity contribution >= 4 is 23.2 Å². The highest BCUT2D eigenvalue weighted by atomic mass is 32.1. The minimum Gasteiger partial charge on any atom is -0.486 e. The molecule has 2 aliphatic rings. The fraction of sp³-hybridized carbons (Fsp3) is 0.320. The van der Waals surface area contributed by atoms with E-state index < -0.39 is 0 Å². The van der Waals surface area contributed by atoms with Crippen LogP contribution >= 0.6 is 11.3 Å². The molecule has 170 valence electrons. The number of halogens is 1. The molecule has 1 fully saturated rings. The van der Waals surface area contributed by atoms with Crippen LogP contribution in [-0.2, 0) is 17.8 Å². The molecule has 1 aromatic heterocycles. The third kappa shape index (κ3) is 4.75. The summed E-state index contributed by atoms with van der Waals surface area (Å²) in [6, 6.07) is 12.2. The number of nitrogens with zero attached hydrogens (tertiary/aromatic N) is 2. The highest BCUT2D eigenvalue weighted by molar-refractivity contribution is 7.09. The number of amides is 2. The first-order valence-electron chi connectivity index (χ1n) is 11.0. The van der Waals surface area contributed by atoms with Crippen molar-refractivity contribution in [2.75, 3.05) is 6.54 Å². The number of hydrogen-bond acceptors (Lipinski definition) is 5. The summed E-state index contributed by atoms with van der Waals surface area (Å²) in [6.45, 7) is 2.41. The van der Waals surface area contributed by atoms with Gasteiger partial charge in [0.05, 0.1) is 6.04 Å². The Kier molecular flexibility index (Phi) is 5.85. The van der Waals surface area contributed by atoms with Crippen molar-refractivity contribution in [1.82, 2.24) is 15.2 Å². The normalized spacial score (nSPS) is 17.4. The van der Waals surface area contributed by atoms with E-state index in [9.17, 15) is 14.0 Å². The van der Waals surface area contributed by atoms with Gasteiger partial charge in [0, 0.05) is 24.9 Å². The predicted molar refractivity (Wildman–Crippen MR) is 123 cm³/mol. The third-order valence-electron chi connectivity index (χ3n) is 6.00. The Morgan fingerprint density at radius 1 is 1.21 bits per heavy atom. The zero-order chi connectivity index (χ0) is 22.9. The molecule has 1 aliphatic carbocycles. The van der Waals surface area contributed by atoms with Crippen molar-refractivity contribution in [2.24, 2.45) is 0 Å². The van der Waals surface area contributed by atoms with E-state index in [1.807, 2.05) is 23.1 Å². The monoisotopic (exact) mass is 465 g/mol. The number of hydrogen-bond donors (Lipinski definition) is 1. The molecular weight excluding hydrogens is 441 g/mol. The highest BCUT2D eigenvalue weighted by Gasteiger charge is 2.31. The van der Waals surface area contributed by atoms with Crippen molar-refractivity contribution < 1.29 is 18.7 Å². The Morgan fingerprint density at radius 2 is 2.00 bits per heavy atom. The molecule has 0 bridgehead atoms. The van der Waals surface area contributed by atoms with E-state index in [0.717, 1.165) is 36.0 Å². The lowest BCUT2D eigenvalue weighted by atomic mass is 9.88. The van der Waals surface area contributed by atoms with Gasteiger partial charge in [0.15, 0.2) is 0 Å². The van der Waals surface area contributed by atoms with Gasteiger partial charge < -0.3 is 15.0 Å². The van der Waals surface area contributed by atoms with E-state index in [1.54, 1.807) is 24.4 Å². The number of benzene rings is 2. The predicted octanol–water partition coefficient (Wildman–Crippen LogP) is 4.25. The molecular formula is C25H24FN3O3S. The average Bonchev–Trinajstić information content (AvgIpc) is 3.50. The molecule has 1 atom stereocenters. The maximum Gasteiger partial charge on any atom is 0.270 e. The van der Waals surface area contributed by atoms with Crippen LogP contribution in [0.2, 0.25) is 0 Å². The van der Waals surface area contributed by atoms with E-state index in [-0.39, 0.29) is 36.3 Å². The number of fused-ring (bicyclic) bond motifs is 1. The molecule has 0 spiro atoms. The molecule has 0 unspecified atom stereocenters. The Labute approximate surface area is 195 Å². The SMILES string of the molecule is CC(=O)N1CCc2ccc(OCc3nc(C(=O)NC4CC4)cs3)cc2[C@@H]1c1ccc(F)cc1. The summed E-state index contributed by atoms with van der Waals surface area (Å²) in [5.41, 5.74) is 3.40. The van der Waals surface area contributed by atoms with Crippen molar-refractivity contribution in [3.63, 3.8) is 0 Å². The van der Waals surface area contributed by atoms with Crippen LogP contribution in [0.15, 0.2) is 47.8 Å². The Balaban J connectivity index is 1.35. The van der Waals surface area contributed by atoms with Gasteiger partial charge >= 0.3 is 0 Å². The van der Waals surface area contributed by atoms with Crippen LogP contribution in [0.4, 0.5) is 4.39 Å². The fourth-order valence-corrected chi connectivity index (χ4v) is 4.83. The van der Waals surface area contributed by atoms with Gasteiger partial charge in [-0.15, -0.1) is 11.3 Å². The molecule has 2 amide bonds. The summed E-state index contributed by atoms with van der Waals surface area (Å²) in [5, 5.41) is 5.40. The zero-order valence-electron chi connectivity index (χ0n) is 18.2.